The summed E-state index contributed by atoms with van der Waals surface area (Å²) in [7, 11) is 0. The van der Waals surface area contributed by atoms with Crippen molar-refractivity contribution in [2.75, 3.05) is 5.73 Å². The minimum absolute atomic E-state index is 0.123. The van der Waals surface area contributed by atoms with Crippen LogP contribution in [0, 0.1) is 0 Å². The summed E-state index contributed by atoms with van der Waals surface area (Å²) in [5.41, 5.74) is 9.21. The lowest BCUT2D eigenvalue weighted by Crippen LogP contribution is -1.95. The third kappa shape index (κ3) is 1.74. The highest BCUT2D eigenvalue weighted by molar-refractivity contribution is 5.85. The molecular weight excluding hydrogens is 224 g/mol. The third-order valence-corrected chi connectivity index (χ3v) is 3.14. The number of fused-ring (bicyclic) bond motifs is 1. The van der Waals surface area contributed by atoms with E-state index in [2.05, 4.69) is 24.0 Å². The van der Waals surface area contributed by atoms with E-state index >= 15 is 0 Å². The summed E-state index contributed by atoms with van der Waals surface area (Å²) in [6.45, 7) is 2.08. The minimum Gasteiger partial charge on any atom is -0.440 e. The summed E-state index contributed by atoms with van der Waals surface area (Å²) in [6, 6.07) is 15.8. The van der Waals surface area contributed by atoms with Gasteiger partial charge in [-0.3, -0.25) is 0 Å². The summed E-state index contributed by atoms with van der Waals surface area (Å²) < 4.78 is 5.77. The lowest BCUT2D eigenvalue weighted by Gasteiger charge is -2.06. The molecule has 90 valence electrons. The number of nitrogen functional groups attached to an aromatic ring is 1. The highest BCUT2D eigenvalue weighted by atomic mass is 16.3. The van der Waals surface area contributed by atoms with Crippen LogP contribution in [0.25, 0.3) is 11.1 Å². The summed E-state index contributed by atoms with van der Waals surface area (Å²) in [6.07, 6.45) is 0. The molecule has 3 aromatic rings. The smallest absolute Gasteiger partial charge is 0.202 e. The third-order valence-electron chi connectivity index (χ3n) is 3.14. The molecule has 3 heteroatoms. The van der Waals surface area contributed by atoms with Crippen LogP contribution in [0.4, 0.5) is 5.69 Å². The lowest BCUT2D eigenvalue weighted by atomic mass is 10.0. The van der Waals surface area contributed by atoms with Gasteiger partial charge in [0.1, 0.15) is 5.52 Å². The molecular formula is C15H14N2O. The van der Waals surface area contributed by atoms with E-state index in [4.69, 9.17) is 10.2 Å². The molecule has 0 amide bonds. The van der Waals surface area contributed by atoms with Gasteiger partial charge in [-0.25, -0.2) is 4.98 Å². The van der Waals surface area contributed by atoms with Gasteiger partial charge < -0.3 is 10.2 Å². The Labute approximate surface area is 105 Å². The van der Waals surface area contributed by atoms with Crippen LogP contribution in [0.2, 0.25) is 0 Å². The van der Waals surface area contributed by atoms with Crippen molar-refractivity contribution in [2.45, 2.75) is 12.8 Å². The molecule has 1 atom stereocenters. The van der Waals surface area contributed by atoms with Crippen molar-refractivity contribution in [3.8, 4) is 0 Å². The van der Waals surface area contributed by atoms with Crippen molar-refractivity contribution in [3.63, 3.8) is 0 Å². The van der Waals surface area contributed by atoms with Crippen molar-refractivity contribution in [3.05, 3.63) is 60.0 Å². The van der Waals surface area contributed by atoms with Gasteiger partial charge in [-0.15, -0.1) is 0 Å². The maximum absolute atomic E-state index is 5.89. The SMILES string of the molecule is CC(c1ccccc1)c1nc2c(N)cccc2o1. The van der Waals surface area contributed by atoms with Crippen LogP contribution >= 0.6 is 0 Å². The number of hydrogen-bond acceptors (Lipinski definition) is 3. The fraction of sp³-hybridized carbons (Fsp3) is 0.133. The number of nitrogens with two attached hydrogens (primary N) is 1. The zero-order valence-electron chi connectivity index (χ0n) is 10.1. The Balaban J connectivity index is 2.07. The van der Waals surface area contributed by atoms with Gasteiger partial charge >= 0.3 is 0 Å². The maximum atomic E-state index is 5.89. The Morgan fingerprint density at radius 1 is 1.06 bits per heavy atom. The molecule has 1 aromatic heterocycles. The fourth-order valence-corrected chi connectivity index (χ4v) is 2.06. The Morgan fingerprint density at radius 2 is 1.83 bits per heavy atom. The molecule has 0 radical (unpaired) electrons. The summed E-state index contributed by atoms with van der Waals surface area (Å²) in [4.78, 5) is 4.50. The Hall–Kier alpha value is -2.29. The van der Waals surface area contributed by atoms with Gasteiger partial charge in [-0.1, -0.05) is 36.4 Å². The minimum atomic E-state index is 0.123. The molecule has 1 unspecified atom stereocenters. The predicted octanol–water partition coefficient (Wildman–Crippen LogP) is 3.56. The largest absolute Gasteiger partial charge is 0.440 e. The first kappa shape index (κ1) is 10.8. The molecule has 0 fully saturated rings. The van der Waals surface area contributed by atoms with E-state index in [1.807, 2.05) is 36.4 Å². The Bertz CT molecular complexity index is 673. The Morgan fingerprint density at radius 3 is 2.56 bits per heavy atom. The van der Waals surface area contributed by atoms with Crippen molar-refractivity contribution in [1.82, 2.24) is 4.98 Å². The van der Waals surface area contributed by atoms with Gasteiger partial charge in [-0.2, -0.15) is 0 Å². The molecule has 1 heterocycles. The molecule has 0 saturated carbocycles. The zero-order chi connectivity index (χ0) is 12.5. The van der Waals surface area contributed by atoms with E-state index in [9.17, 15) is 0 Å². The lowest BCUT2D eigenvalue weighted by molar-refractivity contribution is 0.512. The monoisotopic (exact) mass is 238 g/mol. The quantitative estimate of drug-likeness (QED) is 0.694. The maximum Gasteiger partial charge on any atom is 0.202 e. The van der Waals surface area contributed by atoms with Crippen molar-refractivity contribution < 1.29 is 4.42 Å². The van der Waals surface area contributed by atoms with Crippen LogP contribution in [0.1, 0.15) is 24.3 Å². The molecule has 3 rings (SSSR count). The van der Waals surface area contributed by atoms with Gasteiger partial charge in [0.2, 0.25) is 5.89 Å². The first-order chi connectivity index (χ1) is 8.75. The first-order valence-corrected chi connectivity index (χ1v) is 5.95. The van der Waals surface area contributed by atoms with Crippen molar-refractivity contribution in [1.29, 1.82) is 0 Å². The number of rotatable bonds is 2. The second kappa shape index (κ2) is 4.18. The number of anilines is 1. The molecule has 2 aromatic carbocycles. The molecule has 3 nitrogen and oxygen atoms in total. The number of hydrogen-bond donors (Lipinski definition) is 1. The molecule has 2 N–H and O–H groups in total. The number of para-hydroxylation sites is 1. The number of oxazole rings is 1. The van der Waals surface area contributed by atoms with Crippen LogP contribution in [0.3, 0.4) is 0 Å². The molecule has 0 spiro atoms. The standard InChI is InChI=1S/C15H14N2O/c1-10(11-6-3-2-4-7-11)15-17-14-12(16)8-5-9-13(14)18-15/h2-10H,16H2,1H3. The number of aromatic nitrogens is 1. The van der Waals surface area contributed by atoms with Gasteiger partial charge in [0.05, 0.1) is 11.6 Å². The molecule has 0 aliphatic heterocycles. The fourth-order valence-electron chi connectivity index (χ4n) is 2.06. The molecule has 0 aliphatic carbocycles. The van der Waals surface area contributed by atoms with Crippen molar-refractivity contribution >= 4 is 16.8 Å². The second-order valence-electron chi connectivity index (χ2n) is 4.38. The first-order valence-electron chi connectivity index (χ1n) is 5.95. The zero-order valence-corrected chi connectivity index (χ0v) is 10.1. The number of benzene rings is 2. The van der Waals surface area contributed by atoms with Crippen LogP contribution in [-0.4, -0.2) is 4.98 Å². The molecule has 18 heavy (non-hydrogen) atoms. The topological polar surface area (TPSA) is 52.0 Å². The van der Waals surface area contributed by atoms with E-state index in [0.717, 1.165) is 11.1 Å². The summed E-state index contributed by atoms with van der Waals surface area (Å²) in [5.74, 6) is 0.826. The molecule has 0 saturated heterocycles. The Kier molecular flexibility index (Phi) is 2.52. The van der Waals surface area contributed by atoms with Crippen LogP contribution in [-0.2, 0) is 0 Å². The van der Waals surface area contributed by atoms with Crippen molar-refractivity contribution in [2.24, 2.45) is 0 Å². The van der Waals surface area contributed by atoms with Crippen LogP contribution in [0.5, 0.6) is 0 Å². The number of nitrogens with zero attached hydrogens (tertiary/aromatic N) is 1. The average molecular weight is 238 g/mol. The summed E-state index contributed by atoms with van der Waals surface area (Å²) in [5, 5.41) is 0. The highest BCUT2D eigenvalue weighted by Crippen LogP contribution is 2.28. The van der Waals surface area contributed by atoms with Gasteiger partial charge in [-0.05, 0) is 24.6 Å². The van der Waals surface area contributed by atoms with E-state index in [1.165, 1.54) is 5.56 Å². The van der Waals surface area contributed by atoms with E-state index in [1.54, 1.807) is 0 Å². The summed E-state index contributed by atoms with van der Waals surface area (Å²) >= 11 is 0. The second-order valence-corrected chi connectivity index (χ2v) is 4.38. The average Bonchev–Trinajstić information content (AvgIpc) is 2.84. The molecule has 0 bridgehead atoms. The van der Waals surface area contributed by atoms with Gasteiger partial charge in [0, 0.05) is 0 Å². The van der Waals surface area contributed by atoms with E-state index < -0.39 is 0 Å². The normalized spacial score (nSPS) is 12.7. The predicted molar refractivity (Wildman–Crippen MR) is 72.4 cm³/mol. The van der Waals surface area contributed by atoms with Gasteiger partial charge in [0.25, 0.3) is 0 Å². The van der Waals surface area contributed by atoms with Crippen LogP contribution in [0.15, 0.2) is 52.9 Å². The van der Waals surface area contributed by atoms with E-state index in [-0.39, 0.29) is 5.92 Å². The van der Waals surface area contributed by atoms with E-state index in [0.29, 0.717) is 11.6 Å². The van der Waals surface area contributed by atoms with Gasteiger partial charge in [0.15, 0.2) is 5.58 Å². The molecule has 0 aliphatic rings. The highest BCUT2D eigenvalue weighted by Gasteiger charge is 2.16. The van der Waals surface area contributed by atoms with Crippen LogP contribution < -0.4 is 5.73 Å².